The Morgan fingerprint density at radius 1 is 0.288 bits per heavy atom. The van der Waals surface area contributed by atoms with Crippen molar-refractivity contribution < 1.29 is 0 Å². The molecule has 0 saturated heterocycles. The van der Waals surface area contributed by atoms with E-state index in [1.165, 1.54) is 95.3 Å². The standard InChI is InChI=1S/C56H35NS2/c1-2-15-36(16-3-1)41-31-29-38(50-33-37-17-4-5-18-40(37)42-19-6-7-20-43(42)50)34-52(41)57(39-30-32-47-45-22-9-12-27-53(45)58-55(47)35-39)51-26-11-8-21-44(51)48-24-14-25-49-46-23-10-13-28-54(46)59-56(48)49/h1-35H. The first-order valence-corrected chi connectivity index (χ1v) is 21.7. The van der Waals surface area contributed by atoms with Crippen LogP contribution in [0.4, 0.5) is 17.1 Å². The molecule has 0 aliphatic heterocycles. The molecule has 0 unspecified atom stereocenters. The summed E-state index contributed by atoms with van der Waals surface area (Å²) in [5, 5.41) is 10.2. The van der Waals surface area contributed by atoms with E-state index in [0.29, 0.717) is 0 Å². The van der Waals surface area contributed by atoms with Crippen LogP contribution >= 0.6 is 22.7 Å². The molecule has 0 spiro atoms. The largest absolute Gasteiger partial charge is 0.309 e. The number of rotatable bonds is 6. The average Bonchev–Trinajstić information content (AvgIpc) is 3.88. The maximum atomic E-state index is 2.53. The Bertz CT molecular complexity index is 3580. The second kappa shape index (κ2) is 13.8. The molecule has 1 nitrogen and oxygen atoms in total. The summed E-state index contributed by atoms with van der Waals surface area (Å²) < 4.78 is 5.19. The topological polar surface area (TPSA) is 3.24 Å². The van der Waals surface area contributed by atoms with Crippen LogP contribution in [0.2, 0.25) is 0 Å². The number of hydrogen-bond donors (Lipinski definition) is 0. The van der Waals surface area contributed by atoms with E-state index in [1.807, 2.05) is 22.7 Å². The summed E-state index contributed by atoms with van der Waals surface area (Å²) >= 11 is 3.75. The molecule has 276 valence electrons. The number of thiophene rings is 2. The van der Waals surface area contributed by atoms with Crippen LogP contribution in [0.5, 0.6) is 0 Å². The van der Waals surface area contributed by atoms with E-state index < -0.39 is 0 Å². The fraction of sp³-hybridized carbons (Fsp3) is 0. The zero-order chi connectivity index (χ0) is 38.9. The van der Waals surface area contributed by atoms with Crippen molar-refractivity contribution in [1.29, 1.82) is 0 Å². The molecular formula is C56H35NS2. The average molecular weight is 786 g/mol. The van der Waals surface area contributed by atoms with E-state index in [4.69, 9.17) is 0 Å². The van der Waals surface area contributed by atoms with Gasteiger partial charge in [0.2, 0.25) is 0 Å². The van der Waals surface area contributed by atoms with Crippen molar-refractivity contribution in [1.82, 2.24) is 0 Å². The van der Waals surface area contributed by atoms with Crippen molar-refractivity contribution in [3.63, 3.8) is 0 Å². The van der Waals surface area contributed by atoms with E-state index in [1.54, 1.807) is 0 Å². The van der Waals surface area contributed by atoms with Crippen molar-refractivity contribution in [3.8, 4) is 33.4 Å². The Kier molecular flexibility index (Phi) is 7.97. The number of para-hydroxylation sites is 1. The van der Waals surface area contributed by atoms with Crippen LogP contribution in [0.1, 0.15) is 0 Å². The summed E-state index contributed by atoms with van der Waals surface area (Å²) in [5.41, 5.74) is 10.6. The minimum absolute atomic E-state index is 1.12. The summed E-state index contributed by atoms with van der Waals surface area (Å²) in [6, 6.07) is 78.4. The van der Waals surface area contributed by atoms with Crippen molar-refractivity contribution >= 4 is 102 Å². The van der Waals surface area contributed by atoms with Crippen LogP contribution in [0.25, 0.3) is 95.3 Å². The van der Waals surface area contributed by atoms with E-state index in [-0.39, 0.29) is 0 Å². The molecule has 0 aliphatic carbocycles. The molecule has 0 aliphatic rings. The summed E-state index contributed by atoms with van der Waals surface area (Å²) in [5.74, 6) is 0. The predicted octanol–water partition coefficient (Wildman–Crippen LogP) is 17.2. The third kappa shape index (κ3) is 5.58. The van der Waals surface area contributed by atoms with Crippen molar-refractivity contribution in [2.45, 2.75) is 0 Å². The maximum absolute atomic E-state index is 2.53. The first-order valence-electron chi connectivity index (χ1n) is 20.1. The summed E-state index contributed by atoms with van der Waals surface area (Å²) in [6.07, 6.45) is 0. The molecule has 3 heteroatoms. The van der Waals surface area contributed by atoms with Crippen molar-refractivity contribution in [2.24, 2.45) is 0 Å². The molecule has 0 amide bonds. The highest BCUT2D eigenvalue weighted by molar-refractivity contribution is 7.26. The van der Waals surface area contributed by atoms with Crippen LogP contribution < -0.4 is 4.90 Å². The van der Waals surface area contributed by atoms with E-state index in [0.717, 1.165) is 17.1 Å². The smallest absolute Gasteiger partial charge is 0.0546 e. The van der Waals surface area contributed by atoms with Gasteiger partial charge in [0, 0.05) is 62.7 Å². The van der Waals surface area contributed by atoms with Gasteiger partial charge in [0.15, 0.2) is 0 Å². The van der Waals surface area contributed by atoms with Gasteiger partial charge in [-0.15, -0.1) is 22.7 Å². The molecule has 0 N–H and O–H groups in total. The molecule has 59 heavy (non-hydrogen) atoms. The Labute approximate surface area is 350 Å². The zero-order valence-electron chi connectivity index (χ0n) is 32.0. The Hall–Kier alpha value is -7.04. The normalized spacial score (nSPS) is 11.7. The molecule has 2 aromatic heterocycles. The van der Waals surface area contributed by atoms with E-state index in [2.05, 4.69) is 217 Å². The van der Waals surface area contributed by atoms with Gasteiger partial charge in [0.1, 0.15) is 0 Å². The third-order valence-electron chi connectivity index (χ3n) is 11.9. The molecule has 2 heterocycles. The molecule has 0 fully saturated rings. The summed E-state index contributed by atoms with van der Waals surface area (Å²) in [4.78, 5) is 2.53. The molecule has 0 radical (unpaired) electrons. The lowest BCUT2D eigenvalue weighted by Crippen LogP contribution is -2.12. The minimum Gasteiger partial charge on any atom is -0.309 e. The molecule has 10 aromatic carbocycles. The predicted molar refractivity (Wildman–Crippen MR) is 258 cm³/mol. The fourth-order valence-corrected chi connectivity index (χ4v) is 11.5. The monoisotopic (exact) mass is 785 g/mol. The van der Waals surface area contributed by atoms with Crippen molar-refractivity contribution in [3.05, 3.63) is 212 Å². The van der Waals surface area contributed by atoms with Crippen LogP contribution in [0.15, 0.2) is 212 Å². The Morgan fingerprint density at radius 3 is 1.76 bits per heavy atom. The highest BCUT2D eigenvalue weighted by Gasteiger charge is 2.24. The van der Waals surface area contributed by atoms with Crippen LogP contribution in [-0.2, 0) is 0 Å². The number of hydrogen-bond acceptors (Lipinski definition) is 3. The van der Waals surface area contributed by atoms with Gasteiger partial charge in [0.05, 0.1) is 11.4 Å². The van der Waals surface area contributed by atoms with Crippen LogP contribution in [0.3, 0.4) is 0 Å². The highest BCUT2D eigenvalue weighted by Crippen LogP contribution is 2.50. The molecule has 12 rings (SSSR count). The number of anilines is 3. The fourth-order valence-electron chi connectivity index (χ4n) is 9.16. The second-order valence-corrected chi connectivity index (χ2v) is 17.3. The zero-order valence-corrected chi connectivity index (χ0v) is 33.6. The van der Waals surface area contributed by atoms with Crippen molar-refractivity contribution in [2.75, 3.05) is 4.90 Å². The second-order valence-electron chi connectivity index (χ2n) is 15.2. The van der Waals surface area contributed by atoms with Gasteiger partial charge in [0.25, 0.3) is 0 Å². The lowest BCUT2D eigenvalue weighted by molar-refractivity contribution is 1.29. The summed E-state index contributed by atoms with van der Waals surface area (Å²) in [6.45, 7) is 0. The molecule has 0 bridgehead atoms. The van der Waals surface area contributed by atoms with E-state index >= 15 is 0 Å². The lowest BCUT2D eigenvalue weighted by atomic mass is 9.91. The Morgan fingerprint density at radius 2 is 0.915 bits per heavy atom. The van der Waals surface area contributed by atoms with Gasteiger partial charge >= 0.3 is 0 Å². The summed E-state index contributed by atoms with van der Waals surface area (Å²) in [7, 11) is 0. The highest BCUT2D eigenvalue weighted by atomic mass is 32.1. The third-order valence-corrected chi connectivity index (χ3v) is 14.2. The van der Waals surface area contributed by atoms with Crippen LogP contribution in [0, 0.1) is 0 Å². The van der Waals surface area contributed by atoms with Gasteiger partial charge in [-0.3, -0.25) is 0 Å². The SMILES string of the molecule is c1ccc(-c2ccc(-c3cc4ccccc4c4ccccc34)cc2N(c2ccc3c(c2)sc2ccccc23)c2ccccc2-c2cccc3c2sc2ccccc23)cc1. The number of fused-ring (bicyclic) bond motifs is 9. The molecule has 0 saturated carbocycles. The van der Waals surface area contributed by atoms with Gasteiger partial charge in [-0.1, -0.05) is 170 Å². The molecular weight excluding hydrogens is 751 g/mol. The minimum atomic E-state index is 1.12. The number of nitrogens with zero attached hydrogens (tertiary/aromatic N) is 1. The molecule has 12 aromatic rings. The number of benzene rings is 10. The van der Waals surface area contributed by atoms with Gasteiger partial charge < -0.3 is 4.90 Å². The van der Waals surface area contributed by atoms with Gasteiger partial charge in [-0.2, -0.15) is 0 Å². The Balaban J connectivity index is 1.17. The maximum Gasteiger partial charge on any atom is 0.0546 e. The van der Waals surface area contributed by atoms with Gasteiger partial charge in [-0.05, 0) is 80.7 Å². The van der Waals surface area contributed by atoms with E-state index in [9.17, 15) is 0 Å². The quantitative estimate of drug-likeness (QED) is 0.152. The van der Waals surface area contributed by atoms with Gasteiger partial charge in [-0.25, -0.2) is 0 Å². The first kappa shape index (κ1) is 34.0. The molecule has 0 atom stereocenters. The first-order chi connectivity index (χ1) is 29.3. The lowest BCUT2D eigenvalue weighted by Gasteiger charge is -2.30. The van der Waals surface area contributed by atoms with Crippen LogP contribution in [-0.4, -0.2) is 0 Å².